The Morgan fingerprint density at radius 1 is 0.387 bits per heavy atom. The van der Waals surface area contributed by atoms with Crippen LogP contribution >= 0.6 is 0 Å². The van der Waals surface area contributed by atoms with Gasteiger partial charge in [0.2, 0.25) is 0 Å². The average Bonchev–Trinajstić information content (AvgIpc) is 4.37. The third kappa shape index (κ3) is 5.92. The van der Waals surface area contributed by atoms with Crippen LogP contribution in [0.25, 0.3) is 88.4 Å². The predicted molar refractivity (Wildman–Crippen MR) is 313 cm³/mol. The second kappa shape index (κ2) is 14.7. The van der Waals surface area contributed by atoms with Crippen LogP contribution in [0.2, 0.25) is 0 Å². The third-order valence-electron chi connectivity index (χ3n) is 19.2. The highest BCUT2D eigenvalue weighted by Crippen LogP contribution is 2.64. The minimum absolute atomic E-state index is 0.0762. The smallest absolute Gasteiger partial charge is 0.144 e. The Morgan fingerprint density at radius 3 is 1.63 bits per heavy atom. The summed E-state index contributed by atoms with van der Waals surface area (Å²) in [5, 5.41) is 4.89. The minimum Gasteiger partial charge on any atom is -0.456 e. The molecule has 0 spiro atoms. The number of rotatable bonds is 5. The van der Waals surface area contributed by atoms with Crippen molar-refractivity contribution < 1.29 is 8.83 Å². The Hall–Kier alpha value is -7.42. The van der Waals surface area contributed by atoms with Gasteiger partial charge in [0.05, 0.1) is 0 Å². The highest BCUT2D eigenvalue weighted by molar-refractivity contribution is 6.21. The van der Waals surface area contributed by atoms with E-state index in [0.29, 0.717) is 0 Å². The molecule has 4 aliphatic carbocycles. The highest BCUT2D eigenvalue weighted by Gasteiger charge is 2.49. The molecule has 0 amide bonds. The van der Waals surface area contributed by atoms with Gasteiger partial charge in [0.25, 0.3) is 0 Å². The molecule has 1 atom stereocenters. The van der Waals surface area contributed by atoms with Crippen LogP contribution in [0.3, 0.4) is 0 Å². The van der Waals surface area contributed by atoms with Gasteiger partial charge in [-0.1, -0.05) is 204 Å². The Kier molecular flexibility index (Phi) is 8.82. The van der Waals surface area contributed by atoms with Crippen LogP contribution < -0.4 is 0 Å². The summed E-state index contributed by atoms with van der Waals surface area (Å²) in [5.74, 6) is 0.268. The molecule has 1 unspecified atom stereocenters. The summed E-state index contributed by atoms with van der Waals surface area (Å²) < 4.78 is 13.5. The molecule has 0 aliphatic heterocycles. The number of benzene rings is 9. The molecule has 0 saturated carbocycles. The minimum atomic E-state index is -0.239. The van der Waals surface area contributed by atoms with Crippen molar-refractivity contribution in [3.05, 3.63) is 224 Å². The number of furan rings is 2. The van der Waals surface area contributed by atoms with Gasteiger partial charge in [-0.2, -0.15) is 0 Å². The van der Waals surface area contributed by atoms with Gasteiger partial charge >= 0.3 is 0 Å². The predicted octanol–water partition coefficient (Wildman–Crippen LogP) is 19.6. The van der Waals surface area contributed by atoms with Gasteiger partial charge in [-0.15, -0.1) is 0 Å². The summed E-state index contributed by atoms with van der Waals surface area (Å²) in [7, 11) is 0. The van der Waals surface area contributed by atoms with E-state index in [4.69, 9.17) is 8.83 Å². The Balaban J connectivity index is 0.832. The Morgan fingerprint density at radius 2 is 0.920 bits per heavy atom. The molecule has 9 aromatic carbocycles. The molecule has 0 fully saturated rings. The van der Waals surface area contributed by atoms with Crippen molar-refractivity contribution in [2.45, 2.75) is 122 Å². The van der Waals surface area contributed by atoms with Crippen LogP contribution in [0.1, 0.15) is 149 Å². The van der Waals surface area contributed by atoms with Crippen molar-refractivity contribution in [1.82, 2.24) is 0 Å². The van der Waals surface area contributed by atoms with E-state index < -0.39 is 0 Å². The van der Waals surface area contributed by atoms with Crippen LogP contribution in [0, 0.1) is 0 Å². The lowest BCUT2D eigenvalue weighted by molar-refractivity contribution is 0.588. The molecule has 0 saturated heterocycles. The maximum absolute atomic E-state index is 6.98. The zero-order valence-corrected chi connectivity index (χ0v) is 45.3. The molecule has 75 heavy (non-hydrogen) atoms. The Labute approximate surface area is 441 Å². The van der Waals surface area contributed by atoms with Gasteiger partial charge in [-0.25, -0.2) is 0 Å². The summed E-state index contributed by atoms with van der Waals surface area (Å²) in [6, 6.07) is 60.5. The molecule has 2 heteroatoms. The molecule has 2 nitrogen and oxygen atoms in total. The summed E-state index contributed by atoms with van der Waals surface area (Å²) in [6.07, 6.45) is 1.88. The van der Waals surface area contributed by atoms with Gasteiger partial charge in [-0.05, 0) is 160 Å². The first-order valence-electron chi connectivity index (χ1n) is 27.5. The first-order chi connectivity index (χ1) is 35.8. The quantitative estimate of drug-likeness (QED) is 0.172. The first-order valence-corrected chi connectivity index (χ1v) is 27.5. The van der Waals surface area contributed by atoms with E-state index in [2.05, 4.69) is 234 Å². The van der Waals surface area contributed by atoms with E-state index in [-0.39, 0.29) is 33.0 Å². The fourth-order valence-electron chi connectivity index (χ4n) is 15.3. The fraction of sp³-hybridized carbons (Fsp3) is 0.260. The van der Waals surface area contributed by atoms with Gasteiger partial charge < -0.3 is 8.83 Å². The lowest BCUT2D eigenvalue weighted by Gasteiger charge is -2.31. The monoisotopic (exact) mass is 972 g/mol. The van der Waals surface area contributed by atoms with Crippen LogP contribution in [0.4, 0.5) is 0 Å². The van der Waals surface area contributed by atoms with Crippen LogP contribution in [0.15, 0.2) is 167 Å². The molecule has 0 bridgehead atoms. The maximum atomic E-state index is 6.98. The fourth-order valence-corrected chi connectivity index (χ4v) is 15.3. The molecule has 4 aliphatic rings. The lowest BCUT2D eigenvalue weighted by atomic mass is 9.72. The molecule has 11 aromatic rings. The number of para-hydroxylation sites is 2. The summed E-state index contributed by atoms with van der Waals surface area (Å²) >= 11 is 0. The SMILES string of the molecule is CC(C)(C)c1ccc(C(Cc2ccc3c(c2)C(C)(C)c2cc4c(cc2-3)C(C)(C)c2ccc3oc5ccccc5c3c2-4)Cc2ccc3c(c2)C(C)(C)c2c4c(c5oc6ccccc6c5c2-3)-c2ccccc2C4(C)C)cc1. The van der Waals surface area contributed by atoms with Crippen molar-refractivity contribution in [1.29, 1.82) is 0 Å². The van der Waals surface area contributed by atoms with Crippen molar-refractivity contribution >= 4 is 43.9 Å². The molecule has 0 radical (unpaired) electrons. The van der Waals surface area contributed by atoms with Crippen molar-refractivity contribution in [3.8, 4) is 44.5 Å². The van der Waals surface area contributed by atoms with Crippen LogP contribution in [-0.2, 0) is 39.9 Å². The topological polar surface area (TPSA) is 26.3 Å². The van der Waals surface area contributed by atoms with E-state index in [1.165, 1.54) is 133 Å². The largest absolute Gasteiger partial charge is 0.456 e. The zero-order valence-electron chi connectivity index (χ0n) is 45.3. The second-order valence-electron chi connectivity index (χ2n) is 26.0. The number of fused-ring (bicyclic) bond motifs is 22. The summed E-state index contributed by atoms with van der Waals surface area (Å²) in [5.41, 5.74) is 30.8. The first kappa shape index (κ1) is 45.0. The molecular weight excluding hydrogens is 909 g/mol. The summed E-state index contributed by atoms with van der Waals surface area (Å²) in [4.78, 5) is 0. The van der Waals surface area contributed by atoms with Gasteiger partial charge in [0.1, 0.15) is 22.3 Å². The second-order valence-corrected chi connectivity index (χ2v) is 26.0. The maximum Gasteiger partial charge on any atom is 0.144 e. The van der Waals surface area contributed by atoms with Crippen LogP contribution in [0.5, 0.6) is 0 Å². The third-order valence-corrected chi connectivity index (χ3v) is 19.2. The number of hydrogen-bond donors (Lipinski definition) is 0. The molecule has 15 rings (SSSR count). The molecule has 368 valence electrons. The lowest BCUT2D eigenvalue weighted by Crippen LogP contribution is -2.24. The standard InChI is InChI=1S/C73H64O2/c1-69(2,3)44-28-26-42(27-29-44)43(34-40-24-30-45-50-38-57-51(39-56(50)71(6,7)54(45)36-40)61-53(70(57,4)5)32-33-60-62(61)48-19-13-16-22-58(48)74-60)35-41-25-31-47-55(37-41)73(10,11)66-63(47)64-49-20-14-17-23-59(49)75-68(64)65-46-18-12-15-21-52(46)72(8,9)67(65)66/h12-33,36-39,43H,34-35H2,1-11H3. The highest BCUT2D eigenvalue weighted by atomic mass is 16.3. The number of hydrogen-bond acceptors (Lipinski definition) is 2. The van der Waals surface area contributed by atoms with E-state index in [0.717, 1.165) is 35.2 Å². The zero-order chi connectivity index (χ0) is 51.5. The molecule has 0 N–H and O–H groups in total. The van der Waals surface area contributed by atoms with Gasteiger partial charge in [-0.3, -0.25) is 0 Å². The Bertz CT molecular complexity index is 4320. The van der Waals surface area contributed by atoms with Crippen molar-refractivity contribution in [3.63, 3.8) is 0 Å². The van der Waals surface area contributed by atoms with E-state index in [9.17, 15) is 0 Å². The van der Waals surface area contributed by atoms with E-state index >= 15 is 0 Å². The van der Waals surface area contributed by atoms with E-state index in [1.807, 2.05) is 0 Å². The molecule has 2 aromatic heterocycles. The van der Waals surface area contributed by atoms with Gasteiger partial charge in [0.15, 0.2) is 0 Å². The summed E-state index contributed by atoms with van der Waals surface area (Å²) in [6.45, 7) is 26.5. The molecule has 2 heterocycles. The normalized spacial score (nSPS) is 16.9. The van der Waals surface area contributed by atoms with Gasteiger partial charge in [0, 0.05) is 48.8 Å². The molecular formula is C73H64O2. The van der Waals surface area contributed by atoms with Crippen LogP contribution in [-0.4, -0.2) is 0 Å². The average molecular weight is 973 g/mol. The van der Waals surface area contributed by atoms with E-state index in [1.54, 1.807) is 0 Å². The van der Waals surface area contributed by atoms with Crippen molar-refractivity contribution in [2.75, 3.05) is 0 Å². The van der Waals surface area contributed by atoms with Crippen molar-refractivity contribution in [2.24, 2.45) is 0 Å².